The van der Waals surface area contributed by atoms with Crippen LogP contribution >= 0.6 is 0 Å². The van der Waals surface area contributed by atoms with Gasteiger partial charge in [-0.25, -0.2) is 0 Å². The molecule has 1 unspecified atom stereocenters. The van der Waals surface area contributed by atoms with Gasteiger partial charge < -0.3 is 5.32 Å². The molecule has 0 spiro atoms. The van der Waals surface area contributed by atoms with Gasteiger partial charge in [0.15, 0.2) is 5.69 Å². The first-order valence-electron chi connectivity index (χ1n) is 6.95. The molecule has 0 saturated heterocycles. The number of aryl methyl sites for hydroxylation is 1. The molecule has 0 saturated carbocycles. The fraction of sp³-hybridized carbons (Fsp3) is 0.467. The van der Waals surface area contributed by atoms with Gasteiger partial charge in [-0.05, 0) is 30.4 Å². The number of aromatic nitrogens is 4. The molecule has 0 aromatic carbocycles. The Morgan fingerprint density at radius 3 is 2.67 bits per heavy atom. The van der Waals surface area contributed by atoms with Crippen LogP contribution < -0.4 is 5.32 Å². The fourth-order valence-electron chi connectivity index (χ4n) is 2.17. The van der Waals surface area contributed by atoms with Gasteiger partial charge in [-0.3, -0.25) is 9.78 Å². The van der Waals surface area contributed by atoms with E-state index in [1.54, 1.807) is 19.3 Å². The molecule has 6 heteroatoms. The Kier molecular flexibility index (Phi) is 4.35. The molecule has 0 aliphatic carbocycles. The van der Waals surface area contributed by atoms with Crippen LogP contribution in [-0.4, -0.2) is 26.3 Å². The highest BCUT2D eigenvalue weighted by molar-refractivity contribution is 5.93. The zero-order chi connectivity index (χ0) is 15.5. The largest absolute Gasteiger partial charge is 0.344 e. The Labute approximate surface area is 124 Å². The summed E-state index contributed by atoms with van der Waals surface area (Å²) in [7, 11) is 0. The number of nitrogens with one attached hydrogen (secondary N) is 2. The molecule has 2 aromatic heterocycles. The van der Waals surface area contributed by atoms with E-state index in [9.17, 15) is 4.79 Å². The topological polar surface area (TPSA) is 83.6 Å². The third-order valence-electron chi connectivity index (χ3n) is 3.15. The zero-order valence-corrected chi connectivity index (χ0v) is 12.8. The molecule has 112 valence electrons. The summed E-state index contributed by atoms with van der Waals surface area (Å²) in [5, 5.41) is 13.3. The van der Waals surface area contributed by atoms with Crippen molar-refractivity contribution in [3.05, 3.63) is 41.5 Å². The van der Waals surface area contributed by atoms with Gasteiger partial charge in [0.1, 0.15) is 0 Å². The number of H-pyrrole nitrogens is 1. The van der Waals surface area contributed by atoms with Crippen LogP contribution in [0.4, 0.5) is 0 Å². The van der Waals surface area contributed by atoms with Crippen molar-refractivity contribution < 1.29 is 4.79 Å². The minimum Gasteiger partial charge on any atom is -0.344 e. The zero-order valence-electron chi connectivity index (χ0n) is 12.8. The molecule has 6 nitrogen and oxygen atoms in total. The van der Waals surface area contributed by atoms with Crippen molar-refractivity contribution in [1.82, 2.24) is 25.7 Å². The van der Waals surface area contributed by atoms with Crippen LogP contribution in [0.2, 0.25) is 0 Å². The molecule has 2 heterocycles. The molecule has 2 aromatic rings. The van der Waals surface area contributed by atoms with E-state index < -0.39 is 0 Å². The highest BCUT2D eigenvalue weighted by Gasteiger charge is 2.24. The molecule has 1 amide bonds. The second-order valence-electron chi connectivity index (χ2n) is 6.33. The lowest BCUT2D eigenvalue weighted by Gasteiger charge is -2.26. The van der Waals surface area contributed by atoms with E-state index in [0.717, 1.165) is 12.0 Å². The van der Waals surface area contributed by atoms with Crippen LogP contribution in [0.25, 0.3) is 0 Å². The normalized spacial score (nSPS) is 13.0. The van der Waals surface area contributed by atoms with Gasteiger partial charge in [-0.15, -0.1) is 0 Å². The van der Waals surface area contributed by atoms with E-state index >= 15 is 0 Å². The van der Waals surface area contributed by atoms with Crippen LogP contribution in [0.3, 0.4) is 0 Å². The minimum atomic E-state index is -0.223. The average molecular weight is 287 g/mol. The summed E-state index contributed by atoms with van der Waals surface area (Å²) in [4.78, 5) is 16.5. The van der Waals surface area contributed by atoms with Crippen molar-refractivity contribution in [2.75, 3.05) is 0 Å². The number of pyridine rings is 1. The maximum Gasteiger partial charge on any atom is 0.274 e. The molecular formula is C15H21N5O. The third kappa shape index (κ3) is 4.11. The summed E-state index contributed by atoms with van der Waals surface area (Å²) >= 11 is 0. The second kappa shape index (κ2) is 6.03. The first kappa shape index (κ1) is 15.2. The number of hydrogen-bond donors (Lipinski definition) is 2. The Bertz CT molecular complexity index is 600. The van der Waals surface area contributed by atoms with Gasteiger partial charge in [-0.2, -0.15) is 15.4 Å². The molecule has 1 atom stereocenters. The summed E-state index contributed by atoms with van der Waals surface area (Å²) in [6, 6.07) is 3.74. The number of hydrogen-bond acceptors (Lipinski definition) is 4. The first-order chi connectivity index (χ1) is 9.87. The van der Waals surface area contributed by atoms with Crippen molar-refractivity contribution in [2.24, 2.45) is 5.41 Å². The summed E-state index contributed by atoms with van der Waals surface area (Å²) in [6.07, 6.45) is 4.31. The van der Waals surface area contributed by atoms with E-state index in [0.29, 0.717) is 11.4 Å². The lowest BCUT2D eigenvalue weighted by atomic mass is 9.86. The second-order valence-corrected chi connectivity index (χ2v) is 6.33. The molecule has 21 heavy (non-hydrogen) atoms. The van der Waals surface area contributed by atoms with Crippen molar-refractivity contribution in [1.29, 1.82) is 0 Å². The Hall–Kier alpha value is -2.24. The summed E-state index contributed by atoms with van der Waals surface area (Å²) in [5.41, 5.74) is 1.99. The number of amides is 1. The summed E-state index contributed by atoms with van der Waals surface area (Å²) in [6.45, 7) is 8.18. The van der Waals surface area contributed by atoms with Gasteiger partial charge in [0.2, 0.25) is 0 Å². The highest BCUT2D eigenvalue weighted by atomic mass is 16.2. The quantitative estimate of drug-likeness (QED) is 0.904. The van der Waals surface area contributed by atoms with Gasteiger partial charge in [0.05, 0.1) is 11.7 Å². The third-order valence-corrected chi connectivity index (χ3v) is 3.15. The number of aromatic amines is 1. The molecule has 2 N–H and O–H groups in total. The average Bonchev–Trinajstić information content (AvgIpc) is 2.84. The van der Waals surface area contributed by atoms with E-state index in [2.05, 4.69) is 46.5 Å². The Morgan fingerprint density at radius 2 is 2.14 bits per heavy atom. The van der Waals surface area contributed by atoms with Gasteiger partial charge in [-0.1, -0.05) is 26.8 Å². The number of nitrogens with zero attached hydrogens (tertiary/aromatic N) is 3. The van der Waals surface area contributed by atoms with Gasteiger partial charge >= 0.3 is 0 Å². The van der Waals surface area contributed by atoms with Crippen LogP contribution in [0, 0.1) is 12.3 Å². The van der Waals surface area contributed by atoms with Gasteiger partial charge in [0, 0.05) is 12.4 Å². The maximum atomic E-state index is 12.3. The van der Waals surface area contributed by atoms with Gasteiger partial charge in [0.25, 0.3) is 5.91 Å². The standard InChI is InChI=1S/C15H21N5O/c1-10-13(19-20-18-10)14(21)17-12(8-15(2,3)4)11-6-5-7-16-9-11/h5-7,9,12H,8H2,1-4H3,(H,17,21)(H,18,19,20). The number of rotatable bonds is 4. The first-order valence-corrected chi connectivity index (χ1v) is 6.95. The summed E-state index contributed by atoms with van der Waals surface area (Å²) < 4.78 is 0. The molecule has 0 aliphatic rings. The lowest BCUT2D eigenvalue weighted by molar-refractivity contribution is 0.0920. The predicted octanol–water partition coefficient (Wildman–Crippen LogP) is 2.42. The number of carbonyl (C=O) groups excluding carboxylic acids is 1. The van der Waals surface area contributed by atoms with E-state index in [1.807, 2.05) is 12.1 Å². The van der Waals surface area contributed by atoms with Crippen molar-refractivity contribution >= 4 is 5.91 Å². The molecule has 0 radical (unpaired) electrons. The van der Waals surface area contributed by atoms with Crippen molar-refractivity contribution in [2.45, 2.75) is 40.2 Å². The van der Waals surface area contributed by atoms with Crippen LogP contribution in [0.1, 0.15) is 55.0 Å². The van der Waals surface area contributed by atoms with E-state index in [-0.39, 0.29) is 17.4 Å². The fourth-order valence-corrected chi connectivity index (χ4v) is 2.17. The van der Waals surface area contributed by atoms with Crippen LogP contribution in [0.15, 0.2) is 24.5 Å². The SMILES string of the molecule is Cc1n[nH]nc1C(=O)NC(CC(C)(C)C)c1cccnc1. The molecule has 0 aliphatic heterocycles. The van der Waals surface area contributed by atoms with E-state index in [4.69, 9.17) is 0 Å². The Balaban J connectivity index is 2.21. The highest BCUT2D eigenvalue weighted by Crippen LogP contribution is 2.29. The Morgan fingerprint density at radius 1 is 1.38 bits per heavy atom. The smallest absolute Gasteiger partial charge is 0.274 e. The van der Waals surface area contributed by atoms with Crippen LogP contribution in [0.5, 0.6) is 0 Å². The van der Waals surface area contributed by atoms with Crippen LogP contribution in [-0.2, 0) is 0 Å². The minimum absolute atomic E-state index is 0.0760. The van der Waals surface area contributed by atoms with E-state index in [1.165, 1.54) is 0 Å². The van der Waals surface area contributed by atoms with Crippen molar-refractivity contribution in [3.8, 4) is 0 Å². The summed E-state index contributed by atoms with van der Waals surface area (Å²) in [5.74, 6) is -0.223. The monoisotopic (exact) mass is 287 g/mol. The molecule has 2 rings (SSSR count). The van der Waals surface area contributed by atoms with Crippen molar-refractivity contribution in [3.63, 3.8) is 0 Å². The molecular weight excluding hydrogens is 266 g/mol. The lowest BCUT2D eigenvalue weighted by Crippen LogP contribution is -2.32. The molecule has 0 bridgehead atoms. The number of carbonyl (C=O) groups is 1. The molecule has 0 fully saturated rings. The predicted molar refractivity (Wildman–Crippen MR) is 79.6 cm³/mol. The maximum absolute atomic E-state index is 12.3.